The van der Waals surface area contributed by atoms with E-state index in [1.807, 2.05) is 4.72 Å². The second-order valence-corrected chi connectivity index (χ2v) is 7.99. The van der Waals surface area contributed by atoms with Gasteiger partial charge in [-0.2, -0.15) is 30.9 Å². The van der Waals surface area contributed by atoms with Crippen molar-refractivity contribution >= 4 is 27.9 Å². The van der Waals surface area contributed by atoms with Crippen LogP contribution < -0.4 is 10.0 Å². The minimum atomic E-state index is -4.64. The van der Waals surface area contributed by atoms with Gasteiger partial charge in [-0.3, -0.25) is 10.1 Å². The van der Waals surface area contributed by atoms with Crippen molar-refractivity contribution in [3.8, 4) is 0 Å². The molecular formula is C16H18F3N5O5S. The number of nitrogens with zero attached hydrogens (tertiary/aromatic N) is 3. The van der Waals surface area contributed by atoms with Crippen LogP contribution in [0.2, 0.25) is 0 Å². The van der Waals surface area contributed by atoms with E-state index in [-0.39, 0.29) is 37.2 Å². The number of hydrogen-bond acceptors (Lipinski definition) is 8. The molecule has 3 heterocycles. The lowest BCUT2D eigenvalue weighted by atomic mass is 10.2. The van der Waals surface area contributed by atoms with E-state index in [0.717, 1.165) is 16.6 Å². The molecular weight excluding hydrogens is 431 g/mol. The van der Waals surface area contributed by atoms with Crippen molar-refractivity contribution in [2.75, 3.05) is 31.6 Å². The van der Waals surface area contributed by atoms with Crippen LogP contribution in [0.15, 0.2) is 22.8 Å². The Bertz CT molecular complexity index is 1020. The molecule has 14 heteroatoms. The van der Waals surface area contributed by atoms with Crippen LogP contribution in [0.1, 0.15) is 28.2 Å². The summed E-state index contributed by atoms with van der Waals surface area (Å²) in [6.07, 6.45) is -3.28. The van der Waals surface area contributed by atoms with E-state index < -0.39 is 28.0 Å². The SMILES string of the molecule is Cc1ccc(C(F)(F)F)nc1Nc1nc(C(=O)NS(=O)(=O)N2CCCOCC2)co1. The predicted molar refractivity (Wildman–Crippen MR) is 97.2 cm³/mol. The molecule has 0 saturated carbocycles. The number of rotatable bonds is 5. The van der Waals surface area contributed by atoms with Crippen LogP contribution in [0.4, 0.5) is 25.0 Å². The van der Waals surface area contributed by atoms with Crippen LogP contribution in [0.5, 0.6) is 0 Å². The minimum absolute atomic E-state index is 0.0920. The molecule has 2 aromatic rings. The highest BCUT2D eigenvalue weighted by atomic mass is 32.2. The molecule has 0 bridgehead atoms. The fraction of sp³-hybridized carbons (Fsp3) is 0.438. The number of hydrogen-bond donors (Lipinski definition) is 2. The molecule has 30 heavy (non-hydrogen) atoms. The monoisotopic (exact) mass is 449 g/mol. The largest absolute Gasteiger partial charge is 0.433 e. The van der Waals surface area contributed by atoms with Gasteiger partial charge in [-0.05, 0) is 25.0 Å². The van der Waals surface area contributed by atoms with Crippen LogP contribution >= 0.6 is 0 Å². The van der Waals surface area contributed by atoms with Gasteiger partial charge in [0.1, 0.15) is 17.8 Å². The van der Waals surface area contributed by atoms with Gasteiger partial charge in [0.25, 0.3) is 5.91 Å². The zero-order chi connectivity index (χ0) is 21.9. The second-order valence-electron chi connectivity index (χ2n) is 6.32. The van der Waals surface area contributed by atoms with Gasteiger partial charge < -0.3 is 9.15 Å². The highest BCUT2D eigenvalue weighted by molar-refractivity contribution is 7.87. The maximum absolute atomic E-state index is 12.8. The first-order chi connectivity index (χ1) is 14.1. The number of amides is 1. The zero-order valence-electron chi connectivity index (χ0n) is 15.7. The van der Waals surface area contributed by atoms with E-state index in [4.69, 9.17) is 9.15 Å². The Hall–Kier alpha value is -2.71. The highest BCUT2D eigenvalue weighted by Crippen LogP contribution is 2.30. The molecule has 1 aliphatic rings. The number of nitrogens with one attached hydrogen (secondary N) is 2. The lowest BCUT2D eigenvalue weighted by molar-refractivity contribution is -0.141. The van der Waals surface area contributed by atoms with Crippen molar-refractivity contribution in [3.63, 3.8) is 0 Å². The van der Waals surface area contributed by atoms with E-state index in [1.54, 1.807) is 0 Å². The fourth-order valence-electron chi connectivity index (χ4n) is 2.55. The van der Waals surface area contributed by atoms with Crippen molar-refractivity contribution < 1.29 is 35.5 Å². The molecule has 164 valence electrons. The normalized spacial score (nSPS) is 16.1. The number of anilines is 2. The first kappa shape index (κ1) is 22.0. The quantitative estimate of drug-likeness (QED) is 0.708. The molecule has 1 aliphatic heterocycles. The third-order valence-corrected chi connectivity index (χ3v) is 5.58. The number of oxazole rings is 1. The molecule has 0 aromatic carbocycles. The van der Waals surface area contributed by atoms with Crippen LogP contribution in [-0.4, -0.2) is 54.9 Å². The third kappa shape index (κ3) is 5.25. The first-order valence-electron chi connectivity index (χ1n) is 8.73. The highest BCUT2D eigenvalue weighted by Gasteiger charge is 2.33. The first-order valence-corrected chi connectivity index (χ1v) is 10.2. The Morgan fingerprint density at radius 3 is 2.70 bits per heavy atom. The predicted octanol–water partition coefficient (Wildman–Crippen LogP) is 1.84. The van der Waals surface area contributed by atoms with E-state index in [9.17, 15) is 26.4 Å². The van der Waals surface area contributed by atoms with Gasteiger partial charge in [0, 0.05) is 19.7 Å². The maximum atomic E-state index is 12.8. The molecule has 0 atom stereocenters. The van der Waals surface area contributed by atoms with Gasteiger partial charge in [-0.15, -0.1) is 0 Å². The van der Waals surface area contributed by atoms with Crippen LogP contribution in [0, 0.1) is 6.92 Å². The van der Waals surface area contributed by atoms with Crippen molar-refractivity contribution in [2.45, 2.75) is 19.5 Å². The van der Waals surface area contributed by atoms with Gasteiger partial charge >= 0.3 is 22.4 Å². The summed E-state index contributed by atoms with van der Waals surface area (Å²) in [4.78, 5) is 19.5. The average molecular weight is 449 g/mol. The summed E-state index contributed by atoms with van der Waals surface area (Å²) in [6.45, 7) is 2.42. The van der Waals surface area contributed by atoms with Crippen LogP contribution in [0.3, 0.4) is 0 Å². The summed E-state index contributed by atoms with van der Waals surface area (Å²) in [5.41, 5.74) is -1.12. The number of carbonyl (C=O) groups excluding carboxylic acids is 1. The van der Waals surface area contributed by atoms with Crippen LogP contribution in [0.25, 0.3) is 0 Å². The molecule has 2 aromatic heterocycles. The second kappa shape index (κ2) is 8.57. The smallest absolute Gasteiger partial charge is 0.431 e. The van der Waals surface area contributed by atoms with Gasteiger partial charge in [0.2, 0.25) is 0 Å². The number of alkyl halides is 3. The molecule has 10 nitrogen and oxygen atoms in total. The number of pyridine rings is 1. The Morgan fingerprint density at radius 2 is 1.97 bits per heavy atom. The molecule has 1 fully saturated rings. The van der Waals surface area contributed by atoms with Crippen molar-refractivity contribution in [2.24, 2.45) is 0 Å². The Balaban J connectivity index is 1.71. The van der Waals surface area contributed by atoms with E-state index in [1.165, 1.54) is 13.0 Å². The topological polar surface area (TPSA) is 127 Å². The molecule has 0 aliphatic carbocycles. The number of ether oxygens (including phenoxy) is 1. The summed E-state index contributed by atoms with van der Waals surface area (Å²) in [6, 6.07) is 1.72. The van der Waals surface area contributed by atoms with Gasteiger partial charge in [0.15, 0.2) is 5.69 Å². The van der Waals surface area contributed by atoms with Crippen molar-refractivity contribution in [3.05, 3.63) is 35.3 Å². The van der Waals surface area contributed by atoms with E-state index in [2.05, 4.69) is 15.3 Å². The van der Waals surface area contributed by atoms with Crippen LogP contribution in [-0.2, 0) is 21.1 Å². The summed E-state index contributed by atoms with van der Waals surface area (Å²) < 4.78 is 76.3. The van der Waals surface area contributed by atoms with Crippen molar-refractivity contribution in [1.82, 2.24) is 19.0 Å². The molecule has 3 rings (SSSR count). The van der Waals surface area contributed by atoms with E-state index in [0.29, 0.717) is 18.6 Å². The molecule has 1 amide bonds. The third-order valence-electron chi connectivity index (χ3n) is 4.09. The summed E-state index contributed by atoms with van der Waals surface area (Å²) in [7, 11) is -4.12. The van der Waals surface area contributed by atoms with E-state index >= 15 is 0 Å². The van der Waals surface area contributed by atoms with Gasteiger partial charge in [-0.1, -0.05) is 6.07 Å². The van der Waals surface area contributed by atoms with Gasteiger partial charge in [0.05, 0.1) is 6.61 Å². The minimum Gasteiger partial charge on any atom is -0.431 e. The van der Waals surface area contributed by atoms with Gasteiger partial charge in [-0.25, -0.2) is 9.71 Å². The molecule has 0 radical (unpaired) electrons. The lowest BCUT2D eigenvalue weighted by Gasteiger charge is -2.18. The molecule has 1 saturated heterocycles. The lowest BCUT2D eigenvalue weighted by Crippen LogP contribution is -2.44. The Morgan fingerprint density at radius 1 is 1.20 bits per heavy atom. The van der Waals surface area contributed by atoms with Crippen molar-refractivity contribution in [1.29, 1.82) is 0 Å². The number of halogens is 3. The summed E-state index contributed by atoms with van der Waals surface area (Å²) >= 11 is 0. The number of carbonyl (C=O) groups is 1. The number of aromatic nitrogens is 2. The fourth-order valence-corrected chi connectivity index (χ4v) is 3.70. The average Bonchev–Trinajstić information content (AvgIpc) is 2.94. The molecule has 0 unspecified atom stereocenters. The molecule has 0 spiro atoms. The maximum Gasteiger partial charge on any atom is 0.433 e. The Labute approximate surface area is 169 Å². The summed E-state index contributed by atoms with van der Waals surface area (Å²) in [5, 5.41) is 2.45. The Kier molecular flexibility index (Phi) is 6.28. The zero-order valence-corrected chi connectivity index (χ0v) is 16.5. The number of aryl methyl sites for hydroxylation is 1. The molecule has 2 N–H and O–H groups in total. The standard InChI is InChI=1S/C16H18F3N5O5S/c1-10-3-4-12(16(17,18)19)21-13(10)22-15-20-11(9-29-15)14(25)23-30(26,27)24-5-2-7-28-8-6-24/h3-4,9H,2,5-8H2,1H3,(H,23,25)(H,20,21,22). The summed E-state index contributed by atoms with van der Waals surface area (Å²) in [5.74, 6) is -1.22.